The maximum atomic E-state index is 12.7. The first kappa shape index (κ1) is 16.5. The first-order valence-electron chi connectivity index (χ1n) is 6.74. The minimum atomic E-state index is -3.65. The number of aromatic carboxylic acids is 1. The molecule has 0 amide bonds. The zero-order valence-corrected chi connectivity index (χ0v) is 14.3. The van der Waals surface area contributed by atoms with Crippen molar-refractivity contribution < 1.29 is 18.3 Å². The molecule has 0 saturated carbocycles. The van der Waals surface area contributed by atoms with Gasteiger partial charge in [-0.15, -0.1) is 0 Å². The summed E-state index contributed by atoms with van der Waals surface area (Å²) in [6, 6.07) is 4.12. The van der Waals surface area contributed by atoms with E-state index in [1.54, 1.807) is 0 Å². The number of hydrogen-bond donors (Lipinski definition) is 1. The highest BCUT2D eigenvalue weighted by atomic mass is 79.9. The fraction of sp³-hybridized carbons (Fsp3) is 0.500. The number of rotatable bonds is 3. The molecule has 1 aromatic rings. The molecule has 0 spiro atoms. The summed E-state index contributed by atoms with van der Waals surface area (Å²) < 4.78 is 27.2. The standard InChI is InChI=1S/C14H18BrNO4S/c1-9-5-10(2)8-16(7-9)21(19,20)11-3-4-13(15)12(6-11)14(17)18/h3-4,6,9-10H,5,7-8H2,1-2H3,(H,17,18). The van der Waals surface area contributed by atoms with Crippen LogP contribution >= 0.6 is 15.9 Å². The average Bonchev–Trinajstić information content (AvgIpc) is 2.37. The van der Waals surface area contributed by atoms with Gasteiger partial charge in [0.05, 0.1) is 10.5 Å². The highest BCUT2D eigenvalue weighted by molar-refractivity contribution is 9.10. The fourth-order valence-electron chi connectivity index (χ4n) is 2.78. The lowest BCUT2D eigenvalue weighted by Crippen LogP contribution is -2.42. The lowest BCUT2D eigenvalue weighted by atomic mass is 9.94. The van der Waals surface area contributed by atoms with Crippen LogP contribution < -0.4 is 0 Å². The minimum Gasteiger partial charge on any atom is -0.478 e. The Morgan fingerprint density at radius 2 is 1.86 bits per heavy atom. The second-order valence-corrected chi connectivity index (χ2v) is 8.51. The second kappa shape index (κ2) is 6.06. The van der Waals surface area contributed by atoms with Crippen LogP contribution in [0.5, 0.6) is 0 Å². The third kappa shape index (κ3) is 3.46. The summed E-state index contributed by atoms with van der Waals surface area (Å²) in [6.07, 6.45) is 1.01. The Labute approximate surface area is 133 Å². The quantitative estimate of drug-likeness (QED) is 0.880. The lowest BCUT2D eigenvalue weighted by molar-refractivity contribution is 0.0695. The summed E-state index contributed by atoms with van der Waals surface area (Å²) in [4.78, 5) is 11.2. The fourth-order valence-corrected chi connectivity index (χ4v) is 4.90. The molecule has 0 aromatic heterocycles. The monoisotopic (exact) mass is 375 g/mol. The molecule has 0 radical (unpaired) electrons. The number of hydrogen-bond acceptors (Lipinski definition) is 3. The van der Waals surface area contributed by atoms with E-state index >= 15 is 0 Å². The van der Waals surface area contributed by atoms with Crippen LogP contribution in [-0.2, 0) is 10.0 Å². The highest BCUT2D eigenvalue weighted by Gasteiger charge is 2.32. The Hall–Kier alpha value is -0.920. The topological polar surface area (TPSA) is 74.7 Å². The number of sulfonamides is 1. The maximum Gasteiger partial charge on any atom is 0.336 e. The Kier molecular flexibility index (Phi) is 4.75. The normalized spacial score (nSPS) is 24.0. The van der Waals surface area contributed by atoms with Gasteiger partial charge in [-0.25, -0.2) is 13.2 Å². The first-order valence-corrected chi connectivity index (χ1v) is 8.98. The number of piperidine rings is 1. The summed E-state index contributed by atoms with van der Waals surface area (Å²) in [6.45, 7) is 5.02. The molecule has 1 aliphatic heterocycles. The van der Waals surface area contributed by atoms with Crippen molar-refractivity contribution in [3.63, 3.8) is 0 Å². The first-order chi connectivity index (χ1) is 9.71. The summed E-state index contributed by atoms with van der Waals surface area (Å²) in [7, 11) is -3.65. The van der Waals surface area contributed by atoms with Gasteiger partial charge in [-0.3, -0.25) is 0 Å². The van der Waals surface area contributed by atoms with Crippen molar-refractivity contribution in [3.8, 4) is 0 Å². The number of carboxylic acid groups (broad SMARTS) is 1. The molecule has 1 N–H and O–H groups in total. The smallest absolute Gasteiger partial charge is 0.336 e. The molecular weight excluding hydrogens is 358 g/mol. The zero-order chi connectivity index (χ0) is 15.8. The van der Waals surface area contributed by atoms with Crippen LogP contribution in [0.3, 0.4) is 0 Å². The van der Waals surface area contributed by atoms with Crippen LogP contribution in [0.15, 0.2) is 27.6 Å². The van der Waals surface area contributed by atoms with E-state index in [1.165, 1.54) is 22.5 Å². The number of nitrogens with zero attached hydrogens (tertiary/aromatic N) is 1. The van der Waals surface area contributed by atoms with Gasteiger partial charge in [0.1, 0.15) is 0 Å². The predicted octanol–water partition coefficient (Wildman–Crippen LogP) is 2.81. The van der Waals surface area contributed by atoms with E-state index in [1.807, 2.05) is 13.8 Å². The van der Waals surface area contributed by atoms with Gasteiger partial charge in [0.15, 0.2) is 0 Å². The van der Waals surface area contributed by atoms with Crippen molar-refractivity contribution in [3.05, 3.63) is 28.2 Å². The van der Waals surface area contributed by atoms with Crippen molar-refractivity contribution in [2.75, 3.05) is 13.1 Å². The third-order valence-corrected chi connectivity index (χ3v) is 6.16. The second-order valence-electron chi connectivity index (χ2n) is 5.71. The van der Waals surface area contributed by atoms with Gasteiger partial charge in [0.2, 0.25) is 10.0 Å². The van der Waals surface area contributed by atoms with Crippen LogP contribution in [-0.4, -0.2) is 36.9 Å². The molecule has 1 saturated heterocycles. The number of carbonyl (C=O) groups is 1. The minimum absolute atomic E-state index is 0.0319. The molecule has 21 heavy (non-hydrogen) atoms. The summed E-state index contributed by atoms with van der Waals surface area (Å²) in [5, 5.41) is 9.11. The van der Waals surface area contributed by atoms with Crippen molar-refractivity contribution >= 4 is 31.9 Å². The molecular formula is C14H18BrNO4S. The van der Waals surface area contributed by atoms with Crippen molar-refractivity contribution in [1.82, 2.24) is 4.31 Å². The van der Waals surface area contributed by atoms with Crippen molar-refractivity contribution in [2.45, 2.75) is 25.2 Å². The molecule has 0 bridgehead atoms. The number of halogens is 1. The van der Waals surface area contributed by atoms with Gasteiger partial charge in [-0.2, -0.15) is 4.31 Å². The number of carboxylic acids is 1. The lowest BCUT2D eigenvalue weighted by Gasteiger charge is -2.34. The molecule has 116 valence electrons. The van der Waals surface area contributed by atoms with Crippen LogP contribution in [0.25, 0.3) is 0 Å². The van der Waals surface area contributed by atoms with Crippen molar-refractivity contribution in [2.24, 2.45) is 11.8 Å². The molecule has 2 unspecified atom stereocenters. The van der Waals surface area contributed by atoms with Gasteiger partial charge < -0.3 is 5.11 Å². The summed E-state index contributed by atoms with van der Waals surface area (Å²) >= 11 is 3.12. The van der Waals surface area contributed by atoms with Crippen LogP contribution in [0, 0.1) is 11.8 Å². The molecule has 1 heterocycles. The molecule has 2 atom stereocenters. The average molecular weight is 376 g/mol. The van der Waals surface area contributed by atoms with Gasteiger partial charge >= 0.3 is 5.97 Å². The van der Waals surface area contributed by atoms with E-state index in [0.29, 0.717) is 29.4 Å². The largest absolute Gasteiger partial charge is 0.478 e. The molecule has 2 rings (SSSR count). The Bertz CT molecular complexity index is 649. The van der Waals surface area contributed by atoms with Crippen LogP contribution in [0.4, 0.5) is 0 Å². The zero-order valence-electron chi connectivity index (χ0n) is 11.9. The third-order valence-electron chi connectivity index (χ3n) is 3.64. The van der Waals surface area contributed by atoms with E-state index in [2.05, 4.69) is 15.9 Å². The van der Waals surface area contributed by atoms with E-state index in [0.717, 1.165) is 6.42 Å². The Balaban J connectivity index is 2.40. The van der Waals surface area contributed by atoms with E-state index < -0.39 is 16.0 Å². The Morgan fingerprint density at radius 3 is 2.38 bits per heavy atom. The maximum absolute atomic E-state index is 12.7. The molecule has 1 aliphatic rings. The van der Waals surface area contributed by atoms with Crippen LogP contribution in [0.2, 0.25) is 0 Å². The van der Waals surface area contributed by atoms with Gasteiger partial charge in [0, 0.05) is 17.6 Å². The molecule has 0 aliphatic carbocycles. The van der Waals surface area contributed by atoms with E-state index in [-0.39, 0.29) is 10.5 Å². The molecule has 1 fully saturated rings. The van der Waals surface area contributed by atoms with Crippen molar-refractivity contribution in [1.29, 1.82) is 0 Å². The number of benzene rings is 1. The van der Waals surface area contributed by atoms with Crippen LogP contribution in [0.1, 0.15) is 30.6 Å². The van der Waals surface area contributed by atoms with E-state index in [4.69, 9.17) is 5.11 Å². The molecule has 1 aromatic carbocycles. The summed E-state index contributed by atoms with van der Waals surface area (Å²) in [5.41, 5.74) is -0.0471. The van der Waals surface area contributed by atoms with Gasteiger partial charge in [-0.1, -0.05) is 13.8 Å². The van der Waals surface area contributed by atoms with Gasteiger partial charge in [-0.05, 0) is 52.4 Å². The molecule has 5 nitrogen and oxygen atoms in total. The highest BCUT2D eigenvalue weighted by Crippen LogP contribution is 2.28. The summed E-state index contributed by atoms with van der Waals surface area (Å²) in [5.74, 6) is -0.546. The van der Waals surface area contributed by atoms with E-state index in [9.17, 15) is 13.2 Å². The molecule has 7 heteroatoms. The van der Waals surface area contributed by atoms with Gasteiger partial charge in [0.25, 0.3) is 0 Å². The predicted molar refractivity (Wildman–Crippen MR) is 82.8 cm³/mol. The SMILES string of the molecule is CC1CC(C)CN(S(=O)(=O)c2ccc(Br)c(C(=O)O)c2)C1. The Morgan fingerprint density at radius 1 is 1.29 bits per heavy atom.